The molecule has 84 valence electrons. The third kappa shape index (κ3) is 4.91. The molecule has 0 aliphatic carbocycles. The first-order chi connectivity index (χ1) is 7.36. The van der Waals surface area contributed by atoms with Crippen LogP contribution < -0.4 is 5.73 Å². The lowest BCUT2D eigenvalue weighted by Crippen LogP contribution is -2.28. The van der Waals surface area contributed by atoms with Crippen LogP contribution >= 0.6 is 0 Å². The van der Waals surface area contributed by atoms with Crippen molar-refractivity contribution in [2.75, 3.05) is 26.2 Å². The molecule has 1 heterocycles. The minimum absolute atomic E-state index is 0.781. The van der Waals surface area contributed by atoms with E-state index in [2.05, 4.69) is 22.9 Å². The fraction of sp³-hybridized carbons (Fsp3) is 0.583. The van der Waals surface area contributed by atoms with E-state index >= 15 is 0 Å². The van der Waals surface area contributed by atoms with Crippen molar-refractivity contribution in [3.05, 3.63) is 30.1 Å². The highest BCUT2D eigenvalue weighted by Crippen LogP contribution is 2.00. The Bertz CT molecular complexity index is 248. The molecule has 0 aromatic carbocycles. The lowest BCUT2D eigenvalue weighted by molar-refractivity contribution is 0.290. The van der Waals surface area contributed by atoms with Crippen molar-refractivity contribution < 1.29 is 0 Å². The lowest BCUT2D eigenvalue weighted by atomic mass is 10.2. The molecule has 0 radical (unpaired) electrons. The van der Waals surface area contributed by atoms with Gasteiger partial charge in [-0.1, -0.05) is 13.0 Å². The highest BCUT2D eigenvalue weighted by molar-refractivity contribution is 5.08. The number of hydrogen-bond acceptors (Lipinski definition) is 3. The van der Waals surface area contributed by atoms with Crippen LogP contribution in [0.1, 0.15) is 18.9 Å². The highest BCUT2D eigenvalue weighted by atomic mass is 15.1. The topological polar surface area (TPSA) is 42.1 Å². The Kier molecular flexibility index (Phi) is 5.97. The summed E-state index contributed by atoms with van der Waals surface area (Å²) in [7, 11) is 0. The molecule has 0 unspecified atom stereocenters. The van der Waals surface area contributed by atoms with Gasteiger partial charge in [0.05, 0.1) is 0 Å². The van der Waals surface area contributed by atoms with E-state index in [-0.39, 0.29) is 0 Å². The van der Waals surface area contributed by atoms with Gasteiger partial charge in [0.15, 0.2) is 0 Å². The van der Waals surface area contributed by atoms with Gasteiger partial charge in [0, 0.05) is 18.9 Å². The average Bonchev–Trinajstić information content (AvgIpc) is 2.31. The fourth-order valence-electron chi connectivity index (χ4n) is 1.58. The largest absolute Gasteiger partial charge is 0.330 e. The third-order valence-corrected chi connectivity index (χ3v) is 2.57. The maximum atomic E-state index is 5.50. The van der Waals surface area contributed by atoms with Gasteiger partial charge in [0.25, 0.3) is 0 Å². The highest BCUT2D eigenvalue weighted by Gasteiger charge is 2.01. The summed E-state index contributed by atoms with van der Waals surface area (Å²) in [5, 5.41) is 0. The van der Waals surface area contributed by atoms with Gasteiger partial charge in [0.1, 0.15) is 0 Å². The molecule has 0 bridgehead atoms. The predicted octanol–water partition coefficient (Wildman–Crippen LogP) is 1.29. The van der Waals surface area contributed by atoms with E-state index in [9.17, 15) is 0 Å². The molecule has 1 aromatic heterocycles. The van der Waals surface area contributed by atoms with Crippen molar-refractivity contribution in [2.45, 2.75) is 19.8 Å². The Labute approximate surface area is 92.3 Å². The average molecular weight is 207 g/mol. The molecule has 0 saturated carbocycles. The molecule has 2 N–H and O–H groups in total. The first kappa shape index (κ1) is 12.1. The van der Waals surface area contributed by atoms with Crippen LogP contribution in [0.25, 0.3) is 0 Å². The Morgan fingerprint density at radius 3 is 2.87 bits per heavy atom. The van der Waals surface area contributed by atoms with Gasteiger partial charge < -0.3 is 10.6 Å². The van der Waals surface area contributed by atoms with Crippen molar-refractivity contribution in [3.8, 4) is 0 Å². The minimum atomic E-state index is 0.781. The summed E-state index contributed by atoms with van der Waals surface area (Å²) in [6.07, 6.45) is 5.92. The standard InChI is InChI=1S/C12H21N3/c1-2-15(9-4-7-13)10-6-12-5-3-8-14-11-12/h3,5,8,11H,2,4,6-7,9-10,13H2,1H3. The van der Waals surface area contributed by atoms with Crippen LogP contribution in [0.2, 0.25) is 0 Å². The van der Waals surface area contributed by atoms with Crippen LogP contribution in [0, 0.1) is 0 Å². The molecule has 0 atom stereocenters. The van der Waals surface area contributed by atoms with Crippen LogP contribution in [-0.4, -0.2) is 36.1 Å². The molecule has 0 saturated heterocycles. The first-order valence-electron chi connectivity index (χ1n) is 5.68. The molecule has 0 amide bonds. The molecule has 3 heteroatoms. The summed E-state index contributed by atoms with van der Waals surface area (Å²) >= 11 is 0. The number of nitrogens with two attached hydrogens (primary N) is 1. The van der Waals surface area contributed by atoms with Crippen molar-refractivity contribution in [3.63, 3.8) is 0 Å². The summed E-state index contributed by atoms with van der Waals surface area (Å²) in [5.41, 5.74) is 6.81. The lowest BCUT2D eigenvalue weighted by Gasteiger charge is -2.19. The molecule has 3 nitrogen and oxygen atoms in total. The summed E-state index contributed by atoms with van der Waals surface area (Å²) < 4.78 is 0. The van der Waals surface area contributed by atoms with E-state index < -0.39 is 0 Å². The summed E-state index contributed by atoms with van der Waals surface area (Å²) in [6.45, 7) is 6.28. The maximum Gasteiger partial charge on any atom is 0.0300 e. The van der Waals surface area contributed by atoms with E-state index in [1.54, 1.807) is 0 Å². The molecule has 0 fully saturated rings. The third-order valence-electron chi connectivity index (χ3n) is 2.57. The normalized spacial score (nSPS) is 10.9. The molecule has 0 spiro atoms. The molecule has 0 aliphatic heterocycles. The monoisotopic (exact) mass is 207 g/mol. The van der Waals surface area contributed by atoms with Gasteiger partial charge in [-0.2, -0.15) is 0 Å². The number of pyridine rings is 1. The van der Waals surface area contributed by atoms with Gasteiger partial charge in [-0.25, -0.2) is 0 Å². The Morgan fingerprint density at radius 1 is 1.40 bits per heavy atom. The van der Waals surface area contributed by atoms with Crippen LogP contribution in [0.4, 0.5) is 0 Å². The molecule has 0 aliphatic rings. The van der Waals surface area contributed by atoms with Crippen molar-refractivity contribution in [1.82, 2.24) is 9.88 Å². The second kappa shape index (κ2) is 7.37. The zero-order chi connectivity index (χ0) is 10.9. The van der Waals surface area contributed by atoms with Crippen molar-refractivity contribution in [1.29, 1.82) is 0 Å². The fourth-order valence-corrected chi connectivity index (χ4v) is 1.58. The summed E-state index contributed by atoms with van der Waals surface area (Å²) in [4.78, 5) is 6.54. The van der Waals surface area contributed by atoms with E-state index in [1.807, 2.05) is 18.5 Å². The Hall–Kier alpha value is -0.930. The molecular formula is C12H21N3. The minimum Gasteiger partial charge on any atom is -0.330 e. The van der Waals surface area contributed by atoms with E-state index in [4.69, 9.17) is 5.73 Å². The van der Waals surface area contributed by atoms with Crippen LogP contribution in [0.15, 0.2) is 24.5 Å². The van der Waals surface area contributed by atoms with Gasteiger partial charge >= 0.3 is 0 Å². The van der Waals surface area contributed by atoms with Crippen LogP contribution in [0.3, 0.4) is 0 Å². The van der Waals surface area contributed by atoms with Crippen LogP contribution in [-0.2, 0) is 6.42 Å². The number of likely N-dealkylation sites (N-methyl/N-ethyl adjacent to an activating group) is 1. The van der Waals surface area contributed by atoms with Crippen molar-refractivity contribution in [2.24, 2.45) is 5.73 Å². The van der Waals surface area contributed by atoms with Crippen LogP contribution in [0.5, 0.6) is 0 Å². The number of nitrogens with zero attached hydrogens (tertiary/aromatic N) is 2. The summed E-state index contributed by atoms with van der Waals surface area (Å²) in [6, 6.07) is 4.12. The molecule has 15 heavy (non-hydrogen) atoms. The van der Waals surface area contributed by atoms with Gasteiger partial charge in [-0.05, 0) is 44.1 Å². The SMILES string of the molecule is CCN(CCCN)CCc1cccnc1. The second-order valence-electron chi connectivity index (χ2n) is 3.69. The van der Waals surface area contributed by atoms with Gasteiger partial charge in [-0.3, -0.25) is 4.98 Å². The quantitative estimate of drug-likeness (QED) is 0.732. The maximum absolute atomic E-state index is 5.50. The van der Waals surface area contributed by atoms with E-state index in [0.29, 0.717) is 0 Å². The number of hydrogen-bond donors (Lipinski definition) is 1. The summed E-state index contributed by atoms with van der Waals surface area (Å²) in [5.74, 6) is 0. The second-order valence-corrected chi connectivity index (χ2v) is 3.69. The zero-order valence-corrected chi connectivity index (χ0v) is 9.52. The van der Waals surface area contributed by atoms with E-state index in [1.165, 1.54) is 5.56 Å². The van der Waals surface area contributed by atoms with E-state index in [0.717, 1.165) is 39.0 Å². The van der Waals surface area contributed by atoms with Gasteiger partial charge in [0.2, 0.25) is 0 Å². The zero-order valence-electron chi connectivity index (χ0n) is 9.52. The van der Waals surface area contributed by atoms with Gasteiger partial charge in [-0.15, -0.1) is 0 Å². The first-order valence-corrected chi connectivity index (χ1v) is 5.68. The number of aromatic nitrogens is 1. The molecule has 1 aromatic rings. The molecular weight excluding hydrogens is 186 g/mol. The Balaban J connectivity index is 2.28. The van der Waals surface area contributed by atoms with Crippen molar-refractivity contribution >= 4 is 0 Å². The smallest absolute Gasteiger partial charge is 0.0300 e. The predicted molar refractivity (Wildman–Crippen MR) is 63.7 cm³/mol. The number of rotatable bonds is 7. The molecule has 1 rings (SSSR count). The Morgan fingerprint density at radius 2 is 2.27 bits per heavy atom.